The molecule has 0 heterocycles. The molecule has 0 aliphatic rings. The molecule has 0 saturated carbocycles. The Bertz CT molecular complexity index is 853. The van der Waals surface area contributed by atoms with Crippen molar-refractivity contribution >= 4 is 29.7 Å². The molecule has 0 fully saturated rings. The summed E-state index contributed by atoms with van der Waals surface area (Å²) >= 11 is 0. The van der Waals surface area contributed by atoms with Crippen LogP contribution in [0.1, 0.15) is 156 Å². The van der Waals surface area contributed by atoms with Crippen molar-refractivity contribution < 1.29 is 28.7 Å². The summed E-state index contributed by atoms with van der Waals surface area (Å²) in [5.74, 6) is -3.16. The molecular formula is C35H67N5O6. The van der Waals surface area contributed by atoms with Gasteiger partial charge in [0.15, 0.2) is 0 Å². The predicted molar refractivity (Wildman–Crippen MR) is 184 cm³/mol. The molecular weight excluding hydrogens is 586 g/mol. The largest absolute Gasteiger partial charge is 0.392 e. The summed E-state index contributed by atoms with van der Waals surface area (Å²) < 4.78 is 4.72. The van der Waals surface area contributed by atoms with Crippen LogP contribution in [0.5, 0.6) is 0 Å². The maximum atomic E-state index is 13.4. The topological polar surface area (TPSA) is 183 Å². The van der Waals surface area contributed by atoms with Crippen LogP contribution in [0.25, 0.3) is 0 Å². The smallest absolute Gasteiger partial charge is 0.336 e. The maximum absolute atomic E-state index is 13.4. The van der Waals surface area contributed by atoms with Gasteiger partial charge in [-0.05, 0) is 64.0 Å². The Morgan fingerprint density at radius 2 is 1.07 bits per heavy atom. The Kier molecular flexibility index (Phi) is 27.1. The van der Waals surface area contributed by atoms with Crippen molar-refractivity contribution in [1.82, 2.24) is 16.0 Å². The van der Waals surface area contributed by atoms with Gasteiger partial charge in [-0.15, -0.1) is 0 Å². The van der Waals surface area contributed by atoms with Gasteiger partial charge in [0.05, 0.1) is 0 Å². The highest BCUT2D eigenvalue weighted by molar-refractivity contribution is 5.95. The predicted octanol–water partition coefficient (Wildman–Crippen LogP) is 4.93. The molecule has 0 spiro atoms. The highest BCUT2D eigenvalue weighted by atomic mass is 16.6. The van der Waals surface area contributed by atoms with Gasteiger partial charge >= 0.3 is 11.9 Å². The summed E-state index contributed by atoms with van der Waals surface area (Å²) in [5, 5.41) is 8.30. The van der Waals surface area contributed by atoms with Gasteiger partial charge in [-0.25, -0.2) is 4.79 Å². The number of amides is 3. The molecule has 0 unspecified atom stereocenters. The normalized spacial score (nSPS) is 13.1. The third-order valence-electron chi connectivity index (χ3n) is 8.15. The molecule has 11 nitrogen and oxygen atoms in total. The molecule has 0 aliphatic heterocycles. The summed E-state index contributed by atoms with van der Waals surface area (Å²) in [6.07, 6.45) is 19.4. The fourth-order valence-corrected chi connectivity index (χ4v) is 5.34. The van der Waals surface area contributed by atoms with Crippen molar-refractivity contribution in [3.8, 4) is 0 Å². The van der Waals surface area contributed by atoms with Crippen molar-refractivity contribution in [2.45, 2.75) is 174 Å². The van der Waals surface area contributed by atoms with Gasteiger partial charge in [-0.1, -0.05) is 97.8 Å². The summed E-state index contributed by atoms with van der Waals surface area (Å²) in [4.78, 5) is 63.2. The molecule has 3 atom stereocenters. The van der Waals surface area contributed by atoms with Crippen molar-refractivity contribution in [2.24, 2.45) is 17.4 Å². The first-order chi connectivity index (χ1) is 22.1. The molecule has 0 aromatic carbocycles. The monoisotopic (exact) mass is 654 g/mol. The second-order valence-electron chi connectivity index (χ2n) is 12.9. The first-order valence-electron chi connectivity index (χ1n) is 18.1. The van der Waals surface area contributed by atoms with Crippen LogP contribution in [0.2, 0.25) is 0 Å². The molecule has 0 bridgehead atoms. The lowest BCUT2D eigenvalue weighted by molar-refractivity contribution is -0.160. The first-order valence-corrected chi connectivity index (χ1v) is 18.1. The summed E-state index contributed by atoms with van der Waals surface area (Å²) in [7, 11) is 0. The number of esters is 2. The Morgan fingerprint density at radius 3 is 1.52 bits per heavy atom. The lowest BCUT2D eigenvalue weighted by atomic mass is 10.0. The van der Waals surface area contributed by atoms with Crippen LogP contribution in [0, 0.1) is 5.92 Å². The Morgan fingerprint density at radius 1 is 0.587 bits per heavy atom. The average molecular weight is 654 g/mol. The fourth-order valence-electron chi connectivity index (χ4n) is 5.34. The van der Waals surface area contributed by atoms with E-state index in [1.165, 1.54) is 64.2 Å². The number of carbonyl (C=O) groups excluding carboxylic acids is 5. The van der Waals surface area contributed by atoms with Crippen LogP contribution < -0.4 is 27.4 Å². The van der Waals surface area contributed by atoms with Crippen LogP contribution in [0.4, 0.5) is 0 Å². The highest BCUT2D eigenvalue weighted by Crippen LogP contribution is 2.14. The van der Waals surface area contributed by atoms with E-state index in [0.717, 1.165) is 26.2 Å². The van der Waals surface area contributed by atoms with Crippen LogP contribution in [0.3, 0.4) is 0 Å². The van der Waals surface area contributed by atoms with E-state index >= 15 is 0 Å². The van der Waals surface area contributed by atoms with Gasteiger partial charge in [-0.3, -0.25) is 19.2 Å². The summed E-state index contributed by atoms with van der Waals surface area (Å²) in [6.45, 7) is 7.80. The lowest BCUT2D eigenvalue weighted by Crippen LogP contribution is -2.57. The molecule has 0 aromatic rings. The van der Waals surface area contributed by atoms with Gasteiger partial charge in [-0.2, -0.15) is 0 Å². The Hall–Kier alpha value is -2.53. The summed E-state index contributed by atoms with van der Waals surface area (Å²) in [5.41, 5.74) is 11.2. The molecule has 0 rings (SSSR count). The first kappa shape index (κ1) is 43.5. The van der Waals surface area contributed by atoms with Crippen molar-refractivity contribution in [1.29, 1.82) is 0 Å². The van der Waals surface area contributed by atoms with Gasteiger partial charge in [0.2, 0.25) is 17.7 Å². The lowest BCUT2D eigenvalue weighted by Gasteiger charge is -2.27. The number of rotatable bonds is 29. The van der Waals surface area contributed by atoms with E-state index in [1.54, 1.807) is 13.8 Å². The van der Waals surface area contributed by atoms with E-state index in [0.29, 0.717) is 51.6 Å². The Labute approximate surface area is 278 Å². The SMILES string of the molecule is CCCCCCCCCCCCCCCC(=O)N[C@@H](CCCCN)C(=O)N[C@H](C(=O)N[C@@H](CCCCN)C(=O)OC(C)=O)C(C)C. The number of hydrogen-bond donors (Lipinski definition) is 5. The molecule has 0 saturated heterocycles. The second-order valence-corrected chi connectivity index (χ2v) is 12.9. The molecule has 7 N–H and O–H groups in total. The van der Waals surface area contributed by atoms with Crippen LogP contribution >= 0.6 is 0 Å². The van der Waals surface area contributed by atoms with E-state index in [1.807, 2.05) is 0 Å². The zero-order chi connectivity index (χ0) is 34.6. The third-order valence-corrected chi connectivity index (χ3v) is 8.15. The van der Waals surface area contributed by atoms with E-state index in [4.69, 9.17) is 16.2 Å². The molecule has 11 heteroatoms. The van der Waals surface area contributed by atoms with Crippen molar-refractivity contribution in [3.05, 3.63) is 0 Å². The number of nitrogens with two attached hydrogens (primary N) is 2. The molecule has 3 amide bonds. The quantitative estimate of drug-likeness (QED) is 0.0428. The maximum Gasteiger partial charge on any atom is 0.336 e. The average Bonchev–Trinajstić information content (AvgIpc) is 3.00. The third kappa shape index (κ3) is 22.9. The molecule has 0 radical (unpaired) electrons. The van der Waals surface area contributed by atoms with Crippen LogP contribution in [0.15, 0.2) is 0 Å². The highest BCUT2D eigenvalue weighted by Gasteiger charge is 2.32. The van der Waals surface area contributed by atoms with Gasteiger partial charge in [0, 0.05) is 13.3 Å². The molecule has 268 valence electrons. The number of carbonyl (C=O) groups is 5. The van der Waals surface area contributed by atoms with Crippen molar-refractivity contribution in [3.63, 3.8) is 0 Å². The van der Waals surface area contributed by atoms with Gasteiger partial charge in [0.25, 0.3) is 0 Å². The van der Waals surface area contributed by atoms with E-state index in [-0.39, 0.29) is 18.2 Å². The molecule has 0 aromatic heterocycles. The van der Waals surface area contributed by atoms with E-state index in [2.05, 4.69) is 22.9 Å². The Balaban J connectivity index is 4.90. The minimum atomic E-state index is -1.05. The van der Waals surface area contributed by atoms with Crippen LogP contribution in [-0.2, 0) is 28.7 Å². The van der Waals surface area contributed by atoms with Gasteiger partial charge < -0.3 is 32.2 Å². The summed E-state index contributed by atoms with van der Waals surface area (Å²) in [6, 6.07) is -2.83. The standard InChI is InChI=1S/C35H67N5O6/c1-5-6-7-8-9-10-11-12-13-14-15-16-17-24-31(42)38-29(22-18-20-25-36)33(43)40-32(27(2)3)34(44)39-30(23-19-21-26-37)35(45)46-28(4)41/h27,29-30,32H,5-26,36-37H2,1-4H3,(H,38,42)(H,39,44)(H,40,43)/t29-,30-,32-/m0/s1. The fraction of sp³-hybridized carbons (Fsp3) is 0.857. The molecule has 46 heavy (non-hydrogen) atoms. The number of nitrogens with one attached hydrogen (secondary N) is 3. The van der Waals surface area contributed by atoms with E-state index < -0.39 is 41.9 Å². The van der Waals surface area contributed by atoms with Crippen molar-refractivity contribution in [2.75, 3.05) is 13.1 Å². The van der Waals surface area contributed by atoms with Crippen LogP contribution in [-0.4, -0.2) is 60.9 Å². The zero-order valence-electron chi connectivity index (χ0n) is 29.5. The second kappa shape index (κ2) is 28.7. The minimum absolute atomic E-state index is 0.187. The minimum Gasteiger partial charge on any atom is -0.392 e. The number of hydrogen-bond acceptors (Lipinski definition) is 8. The number of ether oxygens (including phenoxy) is 1. The van der Waals surface area contributed by atoms with Gasteiger partial charge in [0.1, 0.15) is 18.1 Å². The number of unbranched alkanes of at least 4 members (excludes halogenated alkanes) is 14. The molecule has 0 aliphatic carbocycles. The zero-order valence-corrected chi connectivity index (χ0v) is 29.5. The van der Waals surface area contributed by atoms with E-state index in [9.17, 15) is 24.0 Å².